The highest BCUT2D eigenvalue weighted by atomic mass is 127. The van der Waals surface area contributed by atoms with Crippen molar-refractivity contribution in [3.8, 4) is 0 Å². The van der Waals surface area contributed by atoms with E-state index in [9.17, 15) is 12.8 Å². The number of nitrogens with zero attached hydrogens (tertiary/aromatic N) is 2. The number of aryl methyl sites for hydroxylation is 3. The van der Waals surface area contributed by atoms with Gasteiger partial charge < -0.3 is 10.6 Å². The number of aliphatic imine (C=N–C) groups is 1. The fourth-order valence-corrected chi connectivity index (χ4v) is 4.15. The maximum Gasteiger partial charge on any atom is 0.234 e. The van der Waals surface area contributed by atoms with Gasteiger partial charge in [-0.1, -0.05) is 6.07 Å². The fraction of sp³-hybridized carbons (Fsp3) is 0.412. The zero-order valence-corrected chi connectivity index (χ0v) is 20.1. The van der Waals surface area contributed by atoms with Gasteiger partial charge in [0.1, 0.15) is 5.82 Å². The zero-order valence-electron chi connectivity index (χ0n) is 16.2. The Morgan fingerprint density at radius 1 is 1.25 bits per heavy atom. The smallest absolute Gasteiger partial charge is 0.234 e. The summed E-state index contributed by atoms with van der Waals surface area (Å²) in [5.74, 6) is -0.134. The fourth-order valence-electron chi connectivity index (χ4n) is 2.31. The Morgan fingerprint density at radius 2 is 1.96 bits per heavy atom. The number of guanidine groups is 1. The molecule has 0 aliphatic carbocycles. The summed E-state index contributed by atoms with van der Waals surface area (Å²) in [6, 6.07) is 4.23. The number of thiazole rings is 1. The number of benzene rings is 1. The Bertz CT molecular complexity index is 932. The molecule has 11 heteroatoms. The van der Waals surface area contributed by atoms with Gasteiger partial charge in [-0.25, -0.2) is 17.8 Å². The molecule has 2 aromatic rings. The summed E-state index contributed by atoms with van der Waals surface area (Å²) in [4.78, 5) is 9.55. The molecule has 0 aliphatic heterocycles. The summed E-state index contributed by atoms with van der Waals surface area (Å²) in [6.07, 6.45) is 0. The van der Waals surface area contributed by atoms with Crippen molar-refractivity contribution in [2.75, 3.05) is 24.1 Å². The molecule has 0 atom stereocenters. The largest absolute Gasteiger partial charge is 0.355 e. The van der Waals surface area contributed by atoms with Crippen molar-refractivity contribution >= 4 is 57.0 Å². The van der Waals surface area contributed by atoms with E-state index in [4.69, 9.17) is 0 Å². The van der Waals surface area contributed by atoms with E-state index in [1.807, 2.05) is 13.8 Å². The number of anilines is 1. The molecule has 1 aromatic heterocycles. The molecular weight excluding hydrogens is 516 g/mol. The highest BCUT2D eigenvalue weighted by molar-refractivity contribution is 14.0. The molecule has 3 N–H and O–H groups in total. The number of hydrogen-bond donors (Lipinski definition) is 3. The van der Waals surface area contributed by atoms with Crippen LogP contribution in [-0.4, -0.2) is 38.7 Å². The number of rotatable bonds is 7. The van der Waals surface area contributed by atoms with Crippen LogP contribution in [-0.2, 0) is 16.6 Å². The third-order valence-electron chi connectivity index (χ3n) is 3.75. The van der Waals surface area contributed by atoms with Gasteiger partial charge in [0.2, 0.25) is 10.0 Å². The second-order valence-electron chi connectivity index (χ2n) is 5.98. The van der Waals surface area contributed by atoms with Crippen molar-refractivity contribution in [2.45, 2.75) is 27.3 Å². The highest BCUT2D eigenvalue weighted by Gasteiger charge is 2.12. The molecule has 2 rings (SSSR count). The first kappa shape index (κ1) is 24.6. The van der Waals surface area contributed by atoms with E-state index in [2.05, 4.69) is 25.3 Å². The van der Waals surface area contributed by atoms with Crippen molar-refractivity contribution in [1.82, 2.24) is 15.6 Å². The minimum absolute atomic E-state index is 0. The molecule has 0 saturated carbocycles. The average molecular weight is 541 g/mol. The molecule has 0 bridgehead atoms. The Kier molecular flexibility index (Phi) is 9.57. The number of halogens is 2. The summed E-state index contributed by atoms with van der Waals surface area (Å²) < 4.78 is 40.2. The maximum atomic E-state index is 13.5. The van der Waals surface area contributed by atoms with Crippen molar-refractivity contribution in [3.63, 3.8) is 0 Å². The summed E-state index contributed by atoms with van der Waals surface area (Å²) >= 11 is 1.61. The van der Waals surface area contributed by atoms with Gasteiger partial charge in [-0.15, -0.1) is 35.3 Å². The second kappa shape index (κ2) is 10.9. The molecular formula is C17H25FIN5O2S2. The van der Waals surface area contributed by atoms with Crippen LogP contribution >= 0.6 is 35.3 Å². The van der Waals surface area contributed by atoms with E-state index >= 15 is 0 Å². The lowest BCUT2D eigenvalue weighted by Crippen LogP contribution is -2.39. The van der Waals surface area contributed by atoms with Crippen molar-refractivity contribution in [3.05, 3.63) is 45.2 Å². The van der Waals surface area contributed by atoms with Crippen LogP contribution in [0.15, 0.2) is 23.2 Å². The summed E-state index contributed by atoms with van der Waals surface area (Å²) in [7, 11) is -2.00. The molecule has 7 nitrogen and oxygen atoms in total. The first-order valence-corrected chi connectivity index (χ1v) is 10.8. The van der Waals surface area contributed by atoms with Crippen molar-refractivity contribution in [2.24, 2.45) is 4.99 Å². The molecule has 0 spiro atoms. The van der Waals surface area contributed by atoms with Crippen LogP contribution in [0.5, 0.6) is 0 Å². The predicted molar refractivity (Wildman–Crippen MR) is 124 cm³/mol. The van der Waals surface area contributed by atoms with Gasteiger partial charge in [0.05, 0.1) is 28.7 Å². The van der Waals surface area contributed by atoms with Crippen molar-refractivity contribution < 1.29 is 12.8 Å². The molecule has 156 valence electrons. The summed E-state index contributed by atoms with van der Waals surface area (Å²) in [6.45, 7) is 6.23. The molecule has 1 heterocycles. The molecule has 0 saturated heterocycles. The van der Waals surface area contributed by atoms with Gasteiger partial charge >= 0.3 is 0 Å². The maximum absolute atomic E-state index is 13.5. The molecule has 0 unspecified atom stereocenters. The van der Waals surface area contributed by atoms with Gasteiger partial charge in [0.25, 0.3) is 0 Å². The quantitative estimate of drug-likeness (QED) is 0.285. The standard InChI is InChI=1S/C17H24FN5O2S2.HI/c1-11-5-6-14(9-15(11)18)23-27(24,25)8-7-20-17(19-4)21-10-16-12(2)22-13(3)26-16;/h5-6,9,23H,7-8,10H2,1-4H3,(H2,19,20,21);1H. The Labute approximate surface area is 186 Å². The second-order valence-corrected chi connectivity index (χ2v) is 9.11. The van der Waals surface area contributed by atoms with Gasteiger partial charge in [-0.3, -0.25) is 9.71 Å². The van der Waals surface area contributed by atoms with Crippen molar-refractivity contribution in [1.29, 1.82) is 0 Å². The average Bonchev–Trinajstić information content (AvgIpc) is 2.91. The van der Waals surface area contributed by atoms with Crippen LogP contribution in [0.1, 0.15) is 21.1 Å². The molecule has 28 heavy (non-hydrogen) atoms. The minimum atomic E-state index is -3.61. The first-order chi connectivity index (χ1) is 12.7. The number of nitrogens with one attached hydrogen (secondary N) is 3. The molecule has 0 amide bonds. The van der Waals surface area contributed by atoms with E-state index in [1.54, 1.807) is 25.3 Å². The number of hydrogen-bond acceptors (Lipinski definition) is 5. The van der Waals surface area contributed by atoms with E-state index in [0.717, 1.165) is 15.6 Å². The topological polar surface area (TPSA) is 95.5 Å². The molecule has 0 fully saturated rings. The van der Waals surface area contributed by atoms with E-state index < -0.39 is 15.8 Å². The Hall–Kier alpha value is -1.47. The zero-order chi connectivity index (χ0) is 20.0. The highest BCUT2D eigenvalue weighted by Crippen LogP contribution is 2.16. The van der Waals surface area contributed by atoms with Crippen LogP contribution in [0.3, 0.4) is 0 Å². The number of aromatic nitrogens is 1. The van der Waals surface area contributed by atoms with Gasteiger partial charge in [0, 0.05) is 18.5 Å². The van der Waals surface area contributed by atoms with Crippen LogP contribution < -0.4 is 15.4 Å². The summed E-state index contributed by atoms with van der Waals surface area (Å²) in [5, 5.41) is 7.09. The number of sulfonamides is 1. The third-order valence-corrected chi connectivity index (χ3v) is 6.11. The predicted octanol–water partition coefficient (Wildman–Crippen LogP) is 2.93. The Morgan fingerprint density at radius 3 is 2.54 bits per heavy atom. The lowest BCUT2D eigenvalue weighted by atomic mass is 10.2. The van der Waals surface area contributed by atoms with E-state index in [-0.39, 0.29) is 42.0 Å². The monoisotopic (exact) mass is 541 g/mol. The molecule has 0 aliphatic rings. The van der Waals surface area contributed by atoms with E-state index in [0.29, 0.717) is 18.1 Å². The molecule has 1 aromatic carbocycles. The van der Waals surface area contributed by atoms with Crippen LogP contribution in [0, 0.1) is 26.6 Å². The van der Waals surface area contributed by atoms with Gasteiger partial charge in [-0.05, 0) is 38.5 Å². The lowest BCUT2D eigenvalue weighted by molar-refractivity contribution is 0.599. The minimum Gasteiger partial charge on any atom is -0.355 e. The first-order valence-electron chi connectivity index (χ1n) is 8.34. The van der Waals surface area contributed by atoms with Crippen LogP contribution in [0.25, 0.3) is 0 Å². The third kappa shape index (κ3) is 7.51. The summed E-state index contributed by atoms with van der Waals surface area (Å²) in [5.41, 5.74) is 1.63. The van der Waals surface area contributed by atoms with Crippen LogP contribution in [0.2, 0.25) is 0 Å². The SMILES string of the molecule is CN=C(NCCS(=O)(=O)Nc1ccc(C)c(F)c1)NCc1sc(C)nc1C.I. The Balaban J connectivity index is 0.00000392. The molecule has 0 radical (unpaired) electrons. The van der Waals surface area contributed by atoms with Crippen LogP contribution in [0.4, 0.5) is 10.1 Å². The normalized spacial score (nSPS) is 11.7. The lowest BCUT2D eigenvalue weighted by Gasteiger charge is -2.12. The van der Waals surface area contributed by atoms with E-state index in [1.165, 1.54) is 18.2 Å². The van der Waals surface area contributed by atoms with Gasteiger partial charge in [-0.2, -0.15) is 0 Å². The van der Waals surface area contributed by atoms with Gasteiger partial charge in [0.15, 0.2) is 5.96 Å².